The number of hydrogen-bond donors (Lipinski definition) is 1. The molecule has 0 radical (unpaired) electrons. The summed E-state index contributed by atoms with van der Waals surface area (Å²) in [5, 5.41) is 4.03. The average Bonchev–Trinajstić information content (AvgIpc) is 3.45. The van der Waals surface area contributed by atoms with E-state index >= 15 is 0 Å². The Morgan fingerprint density at radius 2 is 2.14 bits per heavy atom. The number of nitrogens with zero attached hydrogens (tertiary/aromatic N) is 2. The van der Waals surface area contributed by atoms with Gasteiger partial charge in [-0.1, -0.05) is 11.3 Å². The fraction of sp³-hybridized carbons (Fsp3) is 0.364. The predicted molar refractivity (Wildman–Crippen MR) is 113 cm³/mol. The van der Waals surface area contributed by atoms with Crippen molar-refractivity contribution in [3.8, 4) is 5.75 Å². The Labute approximate surface area is 172 Å². The van der Waals surface area contributed by atoms with Crippen molar-refractivity contribution >= 4 is 38.3 Å². The number of thiazole rings is 1. The van der Waals surface area contributed by atoms with Crippen LogP contribution in [0.25, 0.3) is 10.2 Å². The third-order valence-corrected chi connectivity index (χ3v) is 7.33. The van der Waals surface area contributed by atoms with Crippen molar-refractivity contribution in [1.82, 2.24) is 4.98 Å². The number of rotatable bonds is 3. The maximum atomic E-state index is 12.8. The summed E-state index contributed by atoms with van der Waals surface area (Å²) < 4.78 is 12.3. The van der Waals surface area contributed by atoms with E-state index in [-0.39, 0.29) is 11.4 Å². The van der Waals surface area contributed by atoms with E-state index in [1.54, 1.807) is 11.3 Å². The number of carbonyl (C=O) groups is 1. The SMILES string of the molecule is O=C(Nc1ccc2c(c1)CCO2)c1ccc2sc(N3CCC34CCOC4)nc2c1. The van der Waals surface area contributed by atoms with E-state index in [0.29, 0.717) is 12.2 Å². The van der Waals surface area contributed by atoms with Crippen molar-refractivity contribution in [3.05, 3.63) is 47.5 Å². The number of carbonyl (C=O) groups excluding carboxylic acids is 1. The lowest BCUT2D eigenvalue weighted by atomic mass is 9.85. The number of ether oxygens (including phenoxy) is 2. The van der Waals surface area contributed by atoms with Crippen molar-refractivity contribution < 1.29 is 14.3 Å². The van der Waals surface area contributed by atoms with Gasteiger partial charge in [-0.15, -0.1) is 0 Å². The summed E-state index contributed by atoms with van der Waals surface area (Å²) in [6, 6.07) is 11.6. The van der Waals surface area contributed by atoms with Gasteiger partial charge in [0, 0.05) is 30.8 Å². The molecule has 148 valence electrons. The zero-order chi connectivity index (χ0) is 19.4. The number of amides is 1. The van der Waals surface area contributed by atoms with Crippen LogP contribution in [0.15, 0.2) is 36.4 Å². The first kappa shape index (κ1) is 17.2. The third-order valence-electron chi connectivity index (χ3n) is 6.27. The normalized spacial score (nSPS) is 22.6. The number of aromatic nitrogens is 1. The molecule has 6 rings (SSSR count). The molecule has 1 amide bonds. The van der Waals surface area contributed by atoms with Gasteiger partial charge in [-0.2, -0.15) is 0 Å². The number of anilines is 2. The van der Waals surface area contributed by atoms with Gasteiger partial charge < -0.3 is 19.7 Å². The van der Waals surface area contributed by atoms with Gasteiger partial charge >= 0.3 is 0 Å². The highest BCUT2D eigenvalue weighted by Crippen LogP contribution is 2.44. The highest BCUT2D eigenvalue weighted by molar-refractivity contribution is 7.22. The van der Waals surface area contributed by atoms with E-state index in [4.69, 9.17) is 14.5 Å². The molecule has 3 aliphatic heterocycles. The van der Waals surface area contributed by atoms with E-state index in [1.807, 2.05) is 36.4 Å². The Morgan fingerprint density at radius 3 is 2.97 bits per heavy atom. The van der Waals surface area contributed by atoms with Crippen molar-refractivity contribution in [2.24, 2.45) is 0 Å². The Morgan fingerprint density at radius 1 is 1.17 bits per heavy atom. The second kappa shape index (κ2) is 6.43. The monoisotopic (exact) mass is 407 g/mol. The number of hydrogen-bond acceptors (Lipinski definition) is 6. The zero-order valence-electron chi connectivity index (χ0n) is 15.9. The second-order valence-corrected chi connectivity index (χ2v) is 8.99. The van der Waals surface area contributed by atoms with Crippen LogP contribution in [0.1, 0.15) is 28.8 Å². The Balaban J connectivity index is 1.24. The van der Waals surface area contributed by atoms with E-state index in [2.05, 4.69) is 10.2 Å². The molecule has 4 heterocycles. The van der Waals surface area contributed by atoms with Gasteiger partial charge in [0.1, 0.15) is 5.75 Å². The minimum atomic E-state index is -0.120. The van der Waals surface area contributed by atoms with Gasteiger partial charge in [0.2, 0.25) is 0 Å². The second-order valence-electron chi connectivity index (χ2n) is 7.98. The molecule has 0 aliphatic carbocycles. The van der Waals surface area contributed by atoms with E-state index < -0.39 is 0 Å². The quantitative estimate of drug-likeness (QED) is 0.714. The van der Waals surface area contributed by atoms with Gasteiger partial charge in [0.15, 0.2) is 5.13 Å². The molecule has 0 bridgehead atoms. The summed E-state index contributed by atoms with van der Waals surface area (Å²) in [5.41, 5.74) is 3.57. The molecule has 1 unspecified atom stereocenters. The summed E-state index contributed by atoms with van der Waals surface area (Å²) in [4.78, 5) is 20.0. The summed E-state index contributed by atoms with van der Waals surface area (Å²) in [7, 11) is 0. The zero-order valence-corrected chi connectivity index (χ0v) is 16.8. The molecule has 7 heteroatoms. The molecule has 29 heavy (non-hydrogen) atoms. The fourth-order valence-corrected chi connectivity index (χ4v) is 5.57. The third kappa shape index (κ3) is 2.80. The van der Waals surface area contributed by atoms with Gasteiger partial charge in [0.25, 0.3) is 5.91 Å². The van der Waals surface area contributed by atoms with E-state index in [9.17, 15) is 4.79 Å². The highest BCUT2D eigenvalue weighted by atomic mass is 32.1. The molecule has 2 saturated heterocycles. The van der Waals surface area contributed by atoms with Gasteiger partial charge in [-0.05, 0) is 54.8 Å². The lowest BCUT2D eigenvalue weighted by Crippen LogP contribution is -2.60. The van der Waals surface area contributed by atoms with Crippen LogP contribution in [-0.2, 0) is 11.2 Å². The molecule has 6 nitrogen and oxygen atoms in total. The number of benzene rings is 2. The molecule has 1 spiro atoms. The molecule has 3 aliphatic rings. The van der Waals surface area contributed by atoms with Gasteiger partial charge in [0.05, 0.1) is 29.0 Å². The summed E-state index contributed by atoms with van der Waals surface area (Å²) in [6.07, 6.45) is 3.13. The first-order chi connectivity index (χ1) is 14.2. The minimum Gasteiger partial charge on any atom is -0.493 e. The van der Waals surface area contributed by atoms with Crippen molar-refractivity contribution in [1.29, 1.82) is 0 Å². The summed E-state index contributed by atoms with van der Waals surface area (Å²) in [6.45, 7) is 3.36. The Bertz CT molecular complexity index is 1120. The molecule has 1 atom stereocenters. The smallest absolute Gasteiger partial charge is 0.255 e. The largest absolute Gasteiger partial charge is 0.493 e. The molecule has 1 aromatic heterocycles. The van der Waals surface area contributed by atoms with Crippen LogP contribution < -0.4 is 15.0 Å². The van der Waals surface area contributed by atoms with Crippen molar-refractivity contribution in [3.63, 3.8) is 0 Å². The Kier molecular flexibility index (Phi) is 3.82. The van der Waals surface area contributed by atoms with Gasteiger partial charge in [-0.3, -0.25) is 4.79 Å². The Hall–Kier alpha value is -2.64. The van der Waals surface area contributed by atoms with Crippen molar-refractivity contribution in [2.45, 2.75) is 24.8 Å². The van der Waals surface area contributed by atoms with Crippen LogP contribution in [0.5, 0.6) is 5.75 Å². The molecular formula is C22H21N3O3S. The molecule has 0 saturated carbocycles. The molecular weight excluding hydrogens is 386 g/mol. The first-order valence-electron chi connectivity index (χ1n) is 10.0. The minimum absolute atomic E-state index is 0.120. The average molecular weight is 407 g/mol. The molecule has 3 aromatic rings. The maximum Gasteiger partial charge on any atom is 0.255 e. The topological polar surface area (TPSA) is 63.7 Å². The summed E-state index contributed by atoms with van der Waals surface area (Å²) in [5.74, 6) is 0.792. The van der Waals surface area contributed by atoms with Crippen LogP contribution in [0, 0.1) is 0 Å². The lowest BCUT2D eigenvalue weighted by Gasteiger charge is -2.49. The van der Waals surface area contributed by atoms with Gasteiger partial charge in [-0.25, -0.2) is 4.98 Å². The number of fused-ring (bicyclic) bond motifs is 2. The first-order valence-corrected chi connectivity index (χ1v) is 10.8. The van der Waals surface area contributed by atoms with Crippen LogP contribution in [0.3, 0.4) is 0 Å². The predicted octanol–water partition coefficient (Wildman–Crippen LogP) is 3.85. The summed E-state index contributed by atoms with van der Waals surface area (Å²) >= 11 is 1.69. The van der Waals surface area contributed by atoms with Crippen molar-refractivity contribution in [2.75, 3.05) is 36.6 Å². The maximum absolute atomic E-state index is 12.8. The van der Waals surface area contributed by atoms with E-state index in [0.717, 1.165) is 64.9 Å². The molecule has 2 fully saturated rings. The molecule has 2 aromatic carbocycles. The standard InChI is InChI=1S/C22H21N3O3S/c26-20(23-16-2-3-18-14(11-16)5-9-28-18)15-1-4-19-17(12-15)24-21(29-19)25-8-6-22(25)7-10-27-13-22/h1-4,11-12H,5-10,13H2,(H,23,26). The highest BCUT2D eigenvalue weighted by Gasteiger charge is 2.48. The lowest BCUT2D eigenvalue weighted by molar-refractivity contribution is 0.102. The molecule has 1 N–H and O–H groups in total. The van der Waals surface area contributed by atoms with Crippen LogP contribution in [0.2, 0.25) is 0 Å². The van der Waals surface area contributed by atoms with Crippen LogP contribution in [-0.4, -0.2) is 42.8 Å². The van der Waals surface area contributed by atoms with Crippen LogP contribution >= 0.6 is 11.3 Å². The van der Waals surface area contributed by atoms with E-state index in [1.165, 1.54) is 6.42 Å². The fourth-order valence-electron chi connectivity index (χ4n) is 4.48. The van der Waals surface area contributed by atoms with Crippen LogP contribution in [0.4, 0.5) is 10.8 Å². The number of nitrogens with one attached hydrogen (secondary N) is 1.